The highest BCUT2D eigenvalue weighted by Gasteiger charge is 2.34. The van der Waals surface area contributed by atoms with Crippen molar-refractivity contribution in [3.63, 3.8) is 0 Å². The molecule has 1 saturated heterocycles. The molecule has 2 amide bonds. The topological polar surface area (TPSA) is 86.8 Å². The second-order valence-electron chi connectivity index (χ2n) is 7.79. The molecular weight excluding hydrogens is 402 g/mol. The number of hydrogen-bond donors (Lipinski definition) is 1. The number of benzene rings is 2. The number of piperidine rings is 1. The lowest BCUT2D eigenvalue weighted by atomic mass is 10.0. The maximum absolute atomic E-state index is 12.9. The zero-order valence-corrected chi connectivity index (χ0v) is 17.7. The van der Waals surface area contributed by atoms with Crippen LogP contribution in [0.4, 0.5) is 11.4 Å². The highest BCUT2D eigenvalue weighted by molar-refractivity contribution is 7.88. The van der Waals surface area contributed by atoms with Gasteiger partial charge in [-0.05, 0) is 55.2 Å². The number of para-hydroxylation sites is 1. The van der Waals surface area contributed by atoms with Crippen LogP contribution in [0.25, 0.3) is 0 Å². The molecule has 1 atom stereocenters. The molecule has 2 aromatic rings. The van der Waals surface area contributed by atoms with Gasteiger partial charge < -0.3 is 10.2 Å². The predicted octanol–water partition coefficient (Wildman–Crippen LogP) is 2.64. The predicted molar refractivity (Wildman–Crippen MR) is 116 cm³/mol. The Morgan fingerprint density at radius 2 is 1.73 bits per heavy atom. The highest BCUT2D eigenvalue weighted by atomic mass is 32.2. The molecule has 30 heavy (non-hydrogen) atoms. The van der Waals surface area contributed by atoms with Gasteiger partial charge in [0, 0.05) is 30.0 Å². The molecule has 1 N–H and O–H groups in total. The molecule has 0 radical (unpaired) electrons. The van der Waals surface area contributed by atoms with Gasteiger partial charge in [0.1, 0.15) is 6.04 Å². The van der Waals surface area contributed by atoms with Gasteiger partial charge in [-0.3, -0.25) is 9.59 Å². The molecule has 0 spiro atoms. The minimum atomic E-state index is -3.44. The zero-order valence-electron chi connectivity index (χ0n) is 16.9. The molecule has 0 bridgehead atoms. The minimum Gasteiger partial charge on any atom is -0.325 e. The molecule has 2 aliphatic rings. The number of hydrogen-bond acceptors (Lipinski definition) is 4. The van der Waals surface area contributed by atoms with Crippen molar-refractivity contribution in [2.75, 3.05) is 29.6 Å². The maximum atomic E-state index is 12.9. The number of rotatable bonds is 4. The number of sulfonamides is 1. The largest absolute Gasteiger partial charge is 0.325 e. The molecule has 2 aliphatic heterocycles. The normalized spacial score (nSPS) is 19.4. The summed E-state index contributed by atoms with van der Waals surface area (Å²) >= 11 is 0. The summed E-state index contributed by atoms with van der Waals surface area (Å²) in [4.78, 5) is 27.4. The molecule has 158 valence electrons. The van der Waals surface area contributed by atoms with Gasteiger partial charge in [0.25, 0.3) is 5.91 Å². The number of nitrogens with zero attached hydrogens (tertiary/aromatic N) is 2. The third kappa shape index (κ3) is 4.11. The Morgan fingerprint density at radius 3 is 2.47 bits per heavy atom. The molecule has 0 aromatic heterocycles. The van der Waals surface area contributed by atoms with Crippen LogP contribution in [0.15, 0.2) is 48.5 Å². The van der Waals surface area contributed by atoms with Gasteiger partial charge in [-0.15, -0.1) is 0 Å². The number of carbonyl (C=O) groups excluding carboxylic acids is 2. The Bertz CT molecular complexity index is 1070. The third-order valence-electron chi connectivity index (χ3n) is 5.71. The summed E-state index contributed by atoms with van der Waals surface area (Å²) in [5.74, 6) is -0.416. The average molecular weight is 428 g/mol. The fourth-order valence-corrected chi connectivity index (χ4v) is 5.31. The Kier molecular flexibility index (Phi) is 5.62. The highest BCUT2D eigenvalue weighted by Crippen LogP contribution is 2.29. The van der Waals surface area contributed by atoms with Gasteiger partial charge in [0.05, 0.1) is 6.26 Å². The van der Waals surface area contributed by atoms with E-state index in [1.807, 2.05) is 24.3 Å². The quantitative estimate of drug-likeness (QED) is 0.813. The van der Waals surface area contributed by atoms with Gasteiger partial charge in [-0.1, -0.05) is 24.6 Å². The van der Waals surface area contributed by atoms with Gasteiger partial charge in [-0.25, -0.2) is 8.42 Å². The standard InChI is InChI=1S/C22H25N3O4S/c1-30(28,29)25-14-5-4-8-20(25)21(26)23-18-11-9-17(10-12-18)22(27)24-15-13-16-6-2-3-7-19(16)24/h2-3,6-7,9-12,20H,4-5,8,13-15H2,1H3,(H,23,26). The van der Waals surface area contributed by atoms with Gasteiger partial charge in [-0.2, -0.15) is 4.31 Å². The lowest BCUT2D eigenvalue weighted by Gasteiger charge is -2.32. The lowest BCUT2D eigenvalue weighted by molar-refractivity contribution is -0.120. The summed E-state index contributed by atoms with van der Waals surface area (Å²) in [7, 11) is -3.44. The molecule has 8 heteroatoms. The van der Waals surface area contributed by atoms with Crippen LogP contribution in [0.5, 0.6) is 0 Å². The number of carbonyl (C=O) groups is 2. The maximum Gasteiger partial charge on any atom is 0.258 e. The van der Waals surface area contributed by atoms with E-state index in [1.54, 1.807) is 29.2 Å². The van der Waals surface area contributed by atoms with Gasteiger partial charge in [0.15, 0.2) is 0 Å². The summed E-state index contributed by atoms with van der Waals surface area (Å²) in [5.41, 5.74) is 3.19. The number of amides is 2. The Hall–Kier alpha value is -2.71. The Balaban J connectivity index is 1.45. The summed E-state index contributed by atoms with van der Waals surface area (Å²) in [6.07, 6.45) is 4.05. The molecule has 2 heterocycles. The molecular formula is C22H25N3O4S. The van der Waals surface area contributed by atoms with Crippen molar-refractivity contribution in [3.8, 4) is 0 Å². The number of fused-ring (bicyclic) bond motifs is 1. The first-order valence-electron chi connectivity index (χ1n) is 10.1. The zero-order chi connectivity index (χ0) is 21.3. The van der Waals surface area contributed by atoms with Crippen LogP contribution in [-0.4, -0.2) is 49.9 Å². The van der Waals surface area contributed by atoms with E-state index in [2.05, 4.69) is 5.32 Å². The van der Waals surface area contributed by atoms with E-state index < -0.39 is 16.1 Å². The molecule has 0 aliphatic carbocycles. The van der Waals surface area contributed by atoms with E-state index in [0.29, 0.717) is 30.8 Å². The summed E-state index contributed by atoms with van der Waals surface area (Å²) in [6, 6.07) is 13.9. The van der Waals surface area contributed by atoms with Crippen molar-refractivity contribution < 1.29 is 18.0 Å². The second kappa shape index (κ2) is 8.20. The number of anilines is 2. The van der Waals surface area contributed by atoms with E-state index in [0.717, 1.165) is 36.8 Å². The van der Waals surface area contributed by atoms with E-state index in [9.17, 15) is 18.0 Å². The fraction of sp³-hybridized carbons (Fsp3) is 0.364. The van der Waals surface area contributed by atoms with Crippen LogP contribution < -0.4 is 10.2 Å². The summed E-state index contributed by atoms with van der Waals surface area (Å²) in [5, 5.41) is 2.80. The van der Waals surface area contributed by atoms with Crippen molar-refractivity contribution >= 4 is 33.2 Å². The van der Waals surface area contributed by atoms with Crippen molar-refractivity contribution in [2.24, 2.45) is 0 Å². The first-order valence-corrected chi connectivity index (χ1v) is 12.0. The molecule has 0 saturated carbocycles. The average Bonchev–Trinajstić information content (AvgIpc) is 3.17. The first kappa shape index (κ1) is 20.6. The first-order chi connectivity index (χ1) is 14.3. The lowest BCUT2D eigenvalue weighted by Crippen LogP contribution is -2.49. The number of nitrogens with one attached hydrogen (secondary N) is 1. The van der Waals surface area contributed by atoms with Crippen molar-refractivity contribution in [3.05, 3.63) is 59.7 Å². The van der Waals surface area contributed by atoms with E-state index in [-0.39, 0.29) is 11.8 Å². The minimum absolute atomic E-state index is 0.0756. The van der Waals surface area contributed by atoms with Crippen LogP contribution in [0.2, 0.25) is 0 Å². The van der Waals surface area contributed by atoms with Crippen LogP contribution in [-0.2, 0) is 21.2 Å². The molecule has 2 aromatic carbocycles. The van der Waals surface area contributed by atoms with Crippen molar-refractivity contribution in [1.29, 1.82) is 0 Å². The Morgan fingerprint density at radius 1 is 1.00 bits per heavy atom. The van der Waals surface area contributed by atoms with Crippen LogP contribution in [0, 0.1) is 0 Å². The fourth-order valence-electron chi connectivity index (χ4n) is 4.19. The second-order valence-corrected chi connectivity index (χ2v) is 9.72. The van der Waals surface area contributed by atoms with Crippen LogP contribution in [0.1, 0.15) is 35.2 Å². The SMILES string of the molecule is CS(=O)(=O)N1CCCCC1C(=O)Nc1ccc(C(=O)N2CCc3ccccc32)cc1. The smallest absolute Gasteiger partial charge is 0.258 e. The van der Waals surface area contributed by atoms with Crippen LogP contribution >= 0.6 is 0 Å². The van der Waals surface area contributed by atoms with Crippen molar-refractivity contribution in [2.45, 2.75) is 31.7 Å². The van der Waals surface area contributed by atoms with E-state index in [4.69, 9.17) is 0 Å². The molecule has 7 nitrogen and oxygen atoms in total. The molecule has 1 fully saturated rings. The van der Waals surface area contributed by atoms with Crippen molar-refractivity contribution in [1.82, 2.24) is 4.31 Å². The molecule has 1 unspecified atom stereocenters. The Labute approximate surface area is 176 Å². The monoisotopic (exact) mass is 427 g/mol. The van der Waals surface area contributed by atoms with Gasteiger partial charge in [0.2, 0.25) is 15.9 Å². The third-order valence-corrected chi connectivity index (χ3v) is 7.00. The summed E-state index contributed by atoms with van der Waals surface area (Å²) in [6.45, 7) is 1.02. The molecule has 4 rings (SSSR count). The van der Waals surface area contributed by atoms with Crippen LogP contribution in [0.3, 0.4) is 0 Å². The van der Waals surface area contributed by atoms with E-state index >= 15 is 0 Å². The summed E-state index contributed by atoms with van der Waals surface area (Å²) < 4.78 is 25.3. The van der Waals surface area contributed by atoms with Gasteiger partial charge >= 0.3 is 0 Å². The van der Waals surface area contributed by atoms with E-state index in [1.165, 1.54) is 4.31 Å².